The number of pyridine rings is 1. The van der Waals surface area contributed by atoms with Crippen LogP contribution in [0.4, 0.5) is 10.5 Å². The number of carbonyl (C=O) groups excluding carboxylic acids is 1. The van der Waals surface area contributed by atoms with E-state index in [9.17, 15) is 4.79 Å². The average Bonchev–Trinajstić information content (AvgIpc) is 3.47. The molecule has 0 N–H and O–H groups in total. The van der Waals surface area contributed by atoms with Crippen molar-refractivity contribution < 1.29 is 13.9 Å². The van der Waals surface area contributed by atoms with E-state index in [1.54, 1.807) is 18.3 Å². The summed E-state index contributed by atoms with van der Waals surface area (Å²) in [5.41, 5.74) is 2.31. The molecule has 0 unspecified atom stereocenters. The highest BCUT2D eigenvalue weighted by atomic mass is 79.9. The SMILES string of the molecule is CC(C)(C)OC(=O)N1CCC2(CCN(c3cc(Br)ccc3-c3nnc(-c4ccnc(Cl)c4)o3)CC2)C1. The van der Waals surface area contributed by atoms with Gasteiger partial charge < -0.3 is 19.0 Å². The Morgan fingerprint density at radius 2 is 1.81 bits per heavy atom. The van der Waals surface area contributed by atoms with Crippen LogP contribution in [0, 0.1) is 5.41 Å². The largest absolute Gasteiger partial charge is 0.444 e. The summed E-state index contributed by atoms with van der Waals surface area (Å²) in [6.07, 6.45) is 4.42. The molecule has 10 heteroatoms. The van der Waals surface area contributed by atoms with Crippen LogP contribution >= 0.6 is 27.5 Å². The zero-order chi connectivity index (χ0) is 25.5. The third kappa shape index (κ3) is 5.37. The van der Waals surface area contributed by atoms with E-state index in [1.165, 1.54) is 0 Å². The van der Waals surface area contributed by atoms with Crippen molar-refractivity contribution in [3.63, 3.8) is 0 Å². The maximum atomic E-state index is 12.6. The van der Waals surface area contributed by atoms with E-state index in [1.807, 2.05) is 37.8 Å². The van der Waals surface area contributed by atoms with E-state index in [0.717, 1.165) is 66.7 Å². The quantitative estimate of drug-likeness (QED) is 0.333. The highest BCUT2D eigenvalue weighted by molar-refractivity contribution is 9.10. The molecule has 0 aliphatic carbocycles. The van der Waals surface area contributed by atoms with Crippen LogP contribution in [-0.4, -0.2) is 58.0 Å². The summed E-state index contributed by atoms with van der Waals surface area (Å²) in [6.45, 7) is 8.98. The second-order valence-corrected chi connectivity index (χ2v) is 11.9. The number of hydrogen-bond acceptors (Lipinski definition) is 7. The second-order valence-electron chi connectivity index (χ2n) is 10.6. The van der Waals surface area contributed by atoms with E-state index in [4.69, 9.17) is 20.8 Å². The number of likely N-dealkylation sites (tertiary alicyclic amines) is 1. The Morgan fingerprint density at radius 3 is 2.53 bits per heavy atom. The fourth-order valence-corrected chi connectivity index (χ4v) is 5.50. The molecule has 5 rings (SSSR count). The van der Waals surface area contributed by atoms with Crippen LogP contribution < -0.4 is 4.90 Å². The fourth-order valence-electron chi connectivity index (χ4n) is 4.98. The molecule has 1 amide bonds. The first-order valence-corrected chi connectivity index (χ1v) is 13.3. The van der Waals surface area contributed by atoms with Gasteiger partial charge in [0.1, 0.15) is 10.8 Å². The molecule has 190 valence electrons. The number of hydrogen-bond donors (Lipinski definition) is 0. The van der Waals surface area contributed by atoms with E-state index in [2.05, 4.69) is 42.1 Å². The zero-order valence-electron chi connectivity index (χ0n) is 20.6. The van der Waals surface area contributed by atoms with E-state index in [0.29, 0.717) is 16.9 Å². The van der Waals surface area contributed by atoms with Crippen molar-refractivity contribution in [1.82, 2.24) is 20.1 Å². The number of ether oxygens (including phenoxy) is 1. The lowest BCUT2D eigenvalue weighted by molar-refractivity contribution is 0.0266. The minimum absolute atomic E-state index is 0.137. The third-order valence-electron chi connectivity index (χ3n) is 6.84. The highest BCUT2D eigenvalue weighted by Gasteiger charge is 2.43. The van der Waals surface area contributed by atoms with E-state index in [-0.39, 0.29) is 11.5 Å². The van der Waals surface area contributed by atoms with Gasteiger partial charge in [-0.05, 0) is 75.8 Å². The van der Waals surface area contributed by atoms with E-state index < -0.39 is 5.60 Å². The van der Waals surface area contributed by atoms with Gasteiger partial charge in [0.15, 0.2) is 0 Å². The summed E-state index contributed by atoms with van der Waals surface area (Å²) in [6, 6.07) is 9.57. The molecule has 4 heterocycles. The lowest BCUT2D eigenvalue weighted by Gasteiger charge is -2.40. The maximum Gasteiger partial charge on any atom is 0.410 e. The molecule has 0 saturated carbocycles. The molecule has 2 aliphatic heterocycles. The molecule has 3 aromatic rings. The van der Waals surface area contributed by atoms with Gasteiger partial charge in [-0.3, -0.25) is 0 Å². The van der Waals surface area contributed by atoms with Crippen LogP contribution in [-0.2, 0) is 4.74 Å². The molecule has 2 fully saturated rings. The smallest absolute Gasteiger partial charge is 0.410 e. The summed E-state index contributed by atoms with van der Waals surface area (Å²) in [7, 11) is 0. The molecule has 0 bridgehead atoms. The number of nitrogens with zero attached hydrogens (tertiary/aromatic N) is 5. The Balaban J connectivity index is 1.32. The Bertz CT molecular complexity index is 1270. The van der Waals surface area contributed by atoms with Gasteiger partial charge in [-0.2, -0.15) is 0 Å². The number of carbonyl (C=O) groups is 1. The second kappa shape index (κ2) is 9.67. The lowest BCUT2D eigenvalue weighted by atomic mass is 9.77. The maximum absolute atomic E-state index is 12.6. The molecule has 2 saturated heterocycles. The number of piperidine rings is 1. The predicted molar refractivity (Wildman–Crippen MR) is 142 cm³/mol. The van der Waals surface area contributed by atoms with E-state index >= 15 is 0 Å². The fraction of sp³-hybridized carbons (Fsp3) is 0.462. The van der Waals surface area contributed by atoms with Gasteiger partial charge in [0.25, 0.3) is 0 Å². The molecular formula is C26H29BrClN5O3. The molecule has 1 spiro atoms. The predicted octanol–water partition coefficient (Wildman–Crippen LogP) is 6.44. The Morgan fingerprint density at radius 1 is 1.08 bits per heavy atom. The van der Waals surface area contributed by atoms with Crippen LogP contribution in [0.15, 0.2) is 45.4 Å². The molecule has 2 aliphatic rings. The summed E-state index contributed by atoms with van der Waals surface area (Å²) in [5, 5.41) is 8.94. The number of amides is 1. The van der Waals surface area contributed by atoms with Gasteiger partial charge in [0, 0.05) is 42.4 Å². The summed E-state index contributed by atoms with van der Waals surface area (Å²) in [4.78, 5) is 20.8. The summed E-state index contributed by atoms with van der Waals surface area (Å²) < 4.78 is 12.6. The summed E-state index contributed by atoms with van der Waals surface area (Å²) >= 11 is 9.65. The standard InChI is InChI=1S/C26H29BrClN5O3/c1-25(2,3)36-24(34)33-13-9-26(16-33)7-11-32(12-8-26)20-15-18(27)4-5-19(20)23-31-30-22(35-23)17-6-10-29-21(28)14-17/h4-6,10,14-15H,7-9,11-13,16H2,1-3H3. The van der Waals surface area contributed by atoms with Crippen LogP contribution in [0.1, 0.15) is 40.0 Å². The van der Waals surface area contributed by atoms with Gasteiger partial charge in [-0.25, -0.2) is 9.78 Å². The van der Waals surface area contributed by atoms with Crippen molar-refractivity contribution in [3.8, 4) is 22.9 Å². The van der Waals surface area contributed by atoms with Crippen molar-refractivity contribution in [2.45, 2.75) is 45.6 Å². The van der Waals surface area contributed by atoms with Gasteiger partial charge in [-0.15, -0.1) is 10.2 Å². The number of aromatic nitrogens is 3. The molecule has 2 aromatic heterocycles. The van der Waals surface area contributed by atoms with Crippen LogP contribution in [0.25, 0.3) is 22.9 Å². The van der Waals surface area contributed by atoms with Crippen LogP contribution in [0.3, 0.4) is 0 Å². The topological polar surface area (TPSA) is 84.6 Å². The van der Waals surface area contributed by atoms with Crippen LogP contribution in [0.2, 0.25) is 5.15 Å². The summed E-state index contributed by atoms with van der Waals surface area (Å²) in [5.74, 6) is 0.853. The number of anilines is 1. The molecule has 36 heavy (non-hydrogen) atoms. The molecule has 8 nitrogen and oxygen atoms in total. The van der Waals surface area contributed by atoms with Crippen LogP contribution in [0.5, 0.6) is 0 Å². The monoisotopic (exact) mass is 573 g/mol. The minimum Gasteiger partial charge on any atom is -0.444 e. The molecule has 0 radical (unpaired) electrons. The van der Waals surface area contributed by atoms with Crippen molar-refractivity contribution in [2.24, 2.45) is 5.41 Å². The average molecular weight is 575 g/mol. The third-order valence-corrected chi connectivity index (χ3v) is 7.54. The minimum atomic E-state index is -0.481. The van der Waals surface area contributed by atoms with Gasteiger partial charge in [-0.1, -0.05) is 27.5 Å². The number of benzene rings is 1. The molecular weight excluding hydrogens is 546 g/mol. The molecule has 1 aromatic carbocycles. The normalized spacial score (nSPS) is 17.6. The van der Waals surface area contributed by atoms with Crippen molar-refractivity contribution in [3.05, 3.63) is 46.2 Å². The lowest BCUT2D eigenvalue weighted by Crippen LogP contribution is -2.43. The zero-order valence-corrected chi connectivity index (χ0v) is 23.0. The molecule has 0 atom stereocenters. The van der Waals surface area contributed by atoms with Gasteiger partial charge in [0.2, 0.25) is 11.8 Å². The Labute approximate surface area is 224 Å². The van der Waals surface area contributed by atoms with Gasteiger partial charge >= 0.3 is 6.09 Å². The first-order valence-electron chi connectivity index (χ1n) is 12.1. The first kappa shape index (κ1) is 25.0. The number of rotatable bonds is 3. The van der Waals surface area contributed by atoms with Crippen molar-refractivity contribution >= 4 is 39.3 Å². The Kier molecular flexibility index (Phi) is 6.72. The first-order chi connectivity index (χ1) is 17.1. The highest BCUT2D eigenvalue weighted by Crippen LogP contribution is 2.43. The van der Waals surface area contributed by atoms with Gasteiger partial charge in [0.05, 0.1) is 11.3 Å². The van der Waals surface area contributed by atoms with Crippen molar-refractivity contribution in [2.75, 3.05) is 31.1 Å². The Hall–Kier alpha value is -2.65. The van der Waals surface area contributed by atoms with Crippen molar-refractivity contribution in [1.29, 1.82) is 0 Å². The number of halogens is 2.